The number of hydrogen-bond donors (Lipinski definition) is 1. The molecule has 1 N–H and O–H groups in total. The summed E-state index contributed by atoms with van der Waals surface area (Å²) in [5.41, 5.74) is 1.44. The molecule has 0 amide bonds. The molecule has 3 nitrogen and oxygen atoms in total. The molecule has 1 heterocycles. The lowest BCUT2D eigenvalue weighted by molar-refractivity contribution is 0.211. The van der Waals surface area contributed by atoms with Gasteiger partial charge in [0.1, 0.15) is 0 Å². The third-order valence-corrected chi connectivity index (χ3v) is 4.44. The molecule has 0 radical (unpaired) electrons. The molecule has 0 bridgehead atoms. The Morgan fingerprint density at radius 1 is 1.19 bits per heavy atom. The molecule has 0 aromatic heterocycles. The maximum atomic E-state index is 3.65. The first-order valence-electron chi connectivity index (χ1n) is 8.24. The molecule has 1 saturated heterocycles. The fourth-order valence-corrected chi connectivity index (χ4v) is 3.11. The van der Waals surface area contributed by atoms with Gasteiger partial charge in [-0.25, -0.2) is 0 Å². The maximum absolute atomic E-state index is 3.65. The number of nitrogens with zero attached hydrogens (tertiary/aromatic N) is 2. The number of rotatable bonds is 7. The van der Waals surface area contributed by atoms with Gasteiger partial charge in [0.05, 0.1) is 0 Å². The van der Waals surface area contributed by atoms with Crippen LogP contribution in [0.3, 0.4) is 0 Å². The summed E-state index contributed by atoms with van der Waals surface area (Å²) in [6.07, 6.45) is 1.28. The first-order valence-corrected chi connectivity index (χ1v) is 8.24. The molecule has 2 rings (SSSR count). The lowest BCUT2D eigenvalue weighted by Gasteiger charge is -2.30. The Balaban J connectivity index is 2.02. The number of likely N-dealkylation sites (N-methyl/N-ethyl adjacent to an activating group) is 1. The quantitative estimate of drug-likeness (QED) is 0.832. The Morgan fingerprint density at radius 3 is 2.48 bits per heavy atom. The van der Waals surface area contributed by atoms with Crippen molar-refractivity contribution in [1.82, 2.24) is 15.1 Å². The zero-order chi connectivity index (χ0) is 15.2. The Hall–Kier alpha value is -0.900. The summed E-state index contributed by atoms with van der Waals surface area (Å²) in [6.45, 7) is 9.04. The van der Waals surface area contributed by atoms with Crippen LogP contribution >= 0.6 is 0 Å². The predicted molar refractivity (Wildman–Crippen MR) is 90.6 cm³/mol. The molecule has 21 heavy (non-hydrogen) atoms. The number of hydrogen-bond acceptors (Lipinski definition) is 3. The van der Waals surface area contributed by atoms with Crippen LogP contribution in [-0.2, 0) is 0 Å². The summed E-state index contributed by atoms with van der Waals surface area (Å²) in [4.78, 5) is 5.01. The van der Waals surface area contributed by atoms with E-state index >= 15 is 0 Å². The normalized spacial score (nSPS) is 21.3. The van der Waals surface area contributed by atoms with Crippen LogP contribution in [0.4, 0.5) is 0 Å². The second kappa shape index (κ2) is 7.92. The second-order valence-electron chi connectivity index (χ2n) is 6.88. The van der Waals surface area contributed by atoms with E-state index in [4.69, 9.17) is 0 Å². The van der Waals surface area contributed by atoms with Gasteiger partial charge in [0, 0.05) is 31.7 Å². The minimum absolute atomic E-state index is 0.495. The Bertz CT molecular complexity index is 402. The summed E-state index contributed by atoms with van der Waals surface area (Å²) in [7, 11) is 4.39. The second-order valence-corrected chi connectivity index (χ2v) is 6.88. The minimum atomic E-state index is 0.495. The lowest BCUT2D eigenvalue weighted by Crippen LogP contribution is -2.38. The van der Waals surface area contributed by atoms with Crippen molar-refractivity contribution < 1.29 is 0 Å². The van der Waals surface area contributed by atoms with Gasteiger partial charge in [-0.2, -0.15) is 0 Å². The molecular formula is C18H31N3. The summed E-state index contributed by atoms with van der Waals surface area (Å²) < 4.78 is 0. The highest BCUT2D eigenvalue weighted by Gasteiger charge is 2.29. The van der Waals surface area contributed by atoms with E-state index in [9.17, 15) is 0 Å². The fraction of sp³-hybridized carbons (Fsp3) is 0.667. The third kappa shape index (κ3) is 4.80. The van der Waals surface area contributed by atoms with Gasteiger partial charge in [-0.15, -0.1) is 0 Å². The van der Waals surface area contributed by atoms with Crippen molar-refractivity contribution in [2.75, 3.05) is 40.3 Å². The fourth-order valence-electron chi connectivity index (χ4n) is 3.11. The van der Waals surface area contributed by atoms with Gasteiger partial charge in [-0.1, -0.05) is 44.2 Å². The van der Waals surface area contributed by atoms with Crippen molar-refractivity contribution in [3.63, 3.8) is 0 Å². The van der Waals surface area contributed by atoms with E-state index in [1.165, 1.54) is 25.1 Å². The van der Waals surface area contributed by atoms with Gasteiger partial charge >= 0.3 is 0 Å². The van der Waals surface area contributed by atoms with Crippen molar-refractivity contribution in [3.05, 3.63) is 35.9 Å². The minimum Gasteiger partial charge on any atom is -0.315 e. The molecule has 3 heteroatoms. The van der Waals surface area contributed by atoms with Crippen LogP contribution in [0.2, 0.25) is 0 Å². The topological polar surface area (TPSA) is 18.5 Å². The van der Waals surface area contributed by atoms with Crippen LogP contribution in [0.15, 0.2) is 30.3 Å². The Kier molecular flexibility index (Phi) is 6.22. The van der Waals surface area contributed by atoms with E-state index in [2.05, 4.69) is 73.4 Å². The monoisotopic (exact) mass is 289 g/mol. The van der Waals surface area contributed by atoms with Crippen LogP contribution in [0.5, 0.6) is 0 Å². The molecule has 118 valence electrons. The number of nitrogens with one attached hydrogen (secondary N) is 1. The molecule has 1 aliphatic heterocycles. The number of likely N-dealkylation sites (tertiary alicyclic amines) is 1. The van der Waals surface area contributed by atoms with Crippen molar-refractivity contribution in [2.45, 2.75) is 32.4 Å². The summed E-state index contributed by atoms with van der Waals surface area (Å²) in [5.74, 6) is 0.703. The molecular weight excluding hydrogens is 258 g/mol. The van der Waals surface area contributed by atoms with Crippen molar-refractivity contribution in [2.24, 2.45) is 5.92 Å². The lowest BCUT2D eigenvalue weighted by atomic mass is 10.1. The zero-order valence-corrected chi connectivity index (χ0v) is 14.0. The Labute approximate surface area is 130 Å². The van der Waals surface area contributed by atoms with Gasteiger partial charge in [-0.05, 0) is 38.5 Å². The van der Waals surface area contributed by atoms with E-state index in [1.54, 1.807) is 0 Å². The molecule has 1 aromatic carbocycles. The van der Waals surface area contributed by atoms with Crippen LogP contribution < -0.4 is 5.32 Å². The maximum Gasteiger partial charge on any atom is 0.0473 e. The standard InChI is InChI=1S/C18H31N3/c1-15(2)12-19-13-18(16-8-6-5-7-9-16)21-11-10-17(14-21)20(3)4/h5-9,15,17-19H,10-14H2,1-4H3. The van der Waals surface area contributed by atoms with Gasteiger partial charge in [0.15, 0.2) is 0 Å². The summed E-state index contributed by atoms with van der Waals surface area (Å²) in [5, 5.41) is 3.65. The van der Waals surface area contributed by atoms with Gasteiger partial charge in [0.25, 0.3) is 0 Å². The molecule has 0 spiro atoms. The van der Waals surface area contributed by atoms with Crippen LogP contribution in [-0.4, -0.2) is 56.1 Å². The van der Waals surface area contributed by atoms with Gasteiger partial charge < -0.3 is 10.2 Å². The summed E-state index contributed by atoms with van der Waals surface area (Å²) in [6, 6.07) is 12.1. The van der Waals surface area contributed by atoms with Crippen LogP contribution in [0.25, 0.3) is 0 Å². The first kappa shape index (κ1) is 16.5. The third-order valence-electron chi connectivity index (χ3n) is 4.44. The molecule has 1 aliphatic rings. The molecule has 2 unspecified atom stereocenters. The molecule has 1 aromatic rings. The van der Waals surface area contributed by atoms with Crippen molar-refractivity contribution in [3.8, 4) is 0 Å². The Morgan fingerprint density at radius 2 is 1.90 bits per heavy atom. The highest BCUT2D eigenvalue weighted by Crippen LogP contribution is 2.26. The van der Waals surface area contributed by atoms with E-state index < -0.39 is 0 Å². The molecule has 0 aliphatic carbocycles. The molecule has 2 atom stereocenters. The van der Waals surface area contributed by atoms with Crippen molar-refractivity contribution >= 4 is 0 Å². The van der Waals surface area contributed by atoms with E-state index in [1.807, 2.05) is 0 Å². The van der Waals surface area contributed by atoms with E-state index in [-0.39, 0.29) is 0 Å². The van der Waals surface area contributed by atoms with Crippen molar-refractivity contribution in [1.29, 1.82) is 0 Å². The smallest absolute Gasteiger partial charge is 0.0473 e. The van der Waals surface area contributed by atoms with Crippen LogP contribution in [0, 0.1) is 5.92 Å². The number of benzene rings is 1. The summed E-state index contributed by atoms with van der Waals surface area (Å²) >= 11 is 0. The SMILES string of the molecule is CC(C)CNCC(c1ccccc1)N1CCC(N(C)C)C1. The van der Waals surface area contributed by atoms with Gasteiger partial charge in [0.2, 0.25) is 0 Å². The largest absolute Gasteiger partial charge is 0.315 e. The average Bonchev–Trinajstić information content (AvgIpc) is 2.94. The van der Waals surface area contributed by atoms with Gasteiger partial charge in [-0.3, -0.25) is 4.90 Å². The highest BCUT2D eigenvalue weighted by molar-refractivity contribution is 5.20. The predicted octanol–water partition coefficient (Wildman–Crippen LogP) is 2.61. The molecule has 0 saturated carbocycles. The van der Waals surface area contributed by atoms with E-state index in [0.717, 1.165) is 13.1 Å². The first-order chi connectivity index (χ1) is 10.1. The van der Waals surface area contributed by atoms with E-state index in [0.29, 0.717) is 18.0 Å². The molecule has 1 fully saturated rings. The van der Waals surface area contributed by atoms with Crippen LogP contribution in [0.1, 0.15) is 31.9 Å². The average molecular weight is 289 g/mol. The zero-order valence-electron chi connectivity index (χ0n) is 14.0. The highest BCUT2D eigenvalue weighted by atomic mass is 15.3.